The van der Waals surface area contributed by atoms with Gasteiger partial charge in [0.2, 0.25) is 0 Å². The smallest absolute Gasteiger partial charge is 0.102 e. The van der Waals surface area contributed by atoms with Gasteiger partial charge in [0.25, 0.3) is 0 Å². The maximum absolute atomic E-state index is 6.17. The Hall–Kier alpha value is -2.95. The second-order valence-corrected chi connectivity index (χ2v) is 7.05. The third-order valence-corrected chi connectivity index (χ3v) is 4.84. The predicted octanol–water partition coefficient (Wildman–Crippen LogP) is 5.07. The molecule has 0 saturated carbocycles. The van der Waals surface area contributed by atoms with Gasteiger partial charge in [-0.2, -0.15) is 0 Å². The van der Waals surface area contributed by atoms with E-state index in [2.05, 4.69) is 35.1 Å². The summed E-state index contributed by atoms with van der Waals surface area (Å²) in [5, 5.41) is 1.87. The van der Waals surface area contributed by atoms with Crippen LogP contribution in [-0.4, -0.2) is 30.0 Å². The van der Waals surface area contributed by atoms with Crippen molar-refractivity contribution < 1.29 is 4.84 Å². The molecule has 0 N–H and O–H groups in total. The molecule has 1 aliphatic heterocycles. The zero-order valence-corrected chi connectivity index (χ0v) is 16.2. The molecular weight excluding hydrogens is 346 g/mol. The van der Waals surface area contributed by atoms with Gasteiger partial charge in [-0.05, 0) is 54.9 Å². The lowest BCUT2D eigenvalue weighted by Crippen LogP contribution is -2.25. The van der Waals surface area contributed by atoms with Gasteiger partial charge >= 0.3 is 0 Å². The molecule has 1 aliphatic rings. The summed E-state index contributed by atoms with van der Waals surface area (Å²) in [6, 6.07) is 24.4. The Morgan fingerprint density at radius 2 is 1.61 bits per heavy atom. The Morgan fingerprint density at radius 3 is 2.18 bits per heavy atom. The molecule has 142 valence electrons. The zero-order valence-electron chi connectivity index (χ0n) is 16.2. The third-order valence-electron chi connectivity index (χ3n) is 4.84. The highest BCUT2D eigenvalue weighted by Gasteiger charge is 2.13. The Balaban J connectivity index is 1.48. The molecule has 0 radical (unpaired) electrons. The van der Waals surface area contributed by atoms with Crippen molar-refractivity contribution in [3.8, 4) is 0 Å². The summed E-state index contributed by atoms with van der Waals surface area (Å²) >= 11 is 0. The van der Waals surface area contributed by atoms with E-state index in [-0.39, 0.29) is 0 Å². The largest absolute Gasteiger partial charge is 0.302 e. The number of rotatable bonds is 6. The first kappa shape index (κ1) is 18.4. The lowest BCUT2D eigenvalue weighted by Gasteiger charge is -2.24. The molecule has 28 heavy (non-hydrogen) atoms. The average molecular weight is 371 g/mol. The van der Waals surface area contributed by atoms with Crippen LogP contribution in [0.4, 0.5) is 11.4 Å². The van der Waals surface area contributed by atoms with Gasteiger partial charge in [-0.1, -0.05) is 48.5 Å². The van der Waals surface area contributed by atoms with Crippen LogP contribution in [0, 0.1) is 0 Å². The van der Waals surface area contributed by atoms with Crippen LogP contribution in [-0.2, 0) is 11.4 Å². The van der Waals surface area contributed by atoms with Crippen LogP contribution in [0.3, 0.4) is 0 Å². The topological polar surface area (TPSA) is 28.6 Å². The van der Waals surface area contributed by atoms with E-state index in [1.54, 1.807) is 0 Å². The Labute approximate surface area is 166 Å². The fourth-order valence-electron chi connectivity index (χ4n) is 3.34. The summed E-state index contributed by atoms with van der Waals surface area (Å²) in [4.78, 5) is 13.2. The monoisotopic (exact) mass is 371 g/mol. The van der Waals surface area contributed by atoms with Gasteiger partial charge < -0.3 is 4.90 Å². The lowest BCUT2D eigenvalue weighted by molar-refractivity contribution is 0.122. The summed E-state index contributed by atoms with van der Waals surface area (Å²) < 4.78 is 0. The molecule has 0 amide bonds. The molecule has 0 unspecified atom stereocenters. The number of benzene rings is 2. The lowest BCUT2D eigenvalue weighted by atomic mass is 10.1. The fraction of sp³-hybridized carbons (Fsp3) is 0.208. The summed E-state index contributed by atoms with van der Waals surface area (Å²) in [5.74, 6) is 0. The number of anilines is 2. The minimum atomic E-state index is 0.454. The first-order chi connectivity index (χ1) is 13.8. The molecule has 0 saturated heterocycles. The van der Waals surface area contributed by atoms with Gasteiger partial charge in [-0.15, -0.1) is 0 Å². The van der Waals surface area contributed by atoms with E-state index in [4.69, 9.17) is 4.84 Å². The molecule has 2 aromatic carbocycles. The maximum Gasteiger partial charge on any atom is 0.102 e. The van der Waals surface area contributed by atoms with Gasteiger partial charge in [-0.3, -0.25) is 9.82 Å². The van der Waals surface area contributed by atoms with Crippen LogP contribution < -0.4 is 5.06 Å². The van der Waals surface area contributed by atoms with Crippen molar-refractivity contribution in [1.29, 1.82) is 0 Å². The van der Waals surface area contributed by atoms with E-state index in [0.29, 0.717) is 6.61 Å². The van der Waals surface area contributed by atoms with Crippen molar-refractivity contribution >= 4 is 16.9 Å². The van der Waals surface area contributed by atoms with Crippen molar-refractivity contribution in [3.05, 3.63) is 96.3 Å². The predicted molar refractivity (Wildman–Crippen MR) is 114 cm³/mol. The molecule has 4 rings (SSSR count). The van der Waals surface area contributed by atoms with Gasteiger partial charge in [0, 0.05) is 19.3 Å². The highest BCUT2D eigenvalue weighted by atomic mass is 16.7. The first-order valence-corrected chi connectivity index (χ1v) is 9.65. The van der Waals surface area contributed by atoms with Gasteiger partial charge in [0.1, 0.15) is 6.61 Å². The quantitative estimate of drug-likeness (QED) is 0.566. The van der Waals surface area contributed by atoms with Crippen LogP contribution in [0.1, 0.15) is 17.7 Å². The summed E-state index contributed by atoms with van der Waals surface area (Å²) in [7, 11) is 2.15. The number of aromatic nitrogens is 1. The standard InChI is InChI=1S/C24H25N3O/c1-26-16-8-9-21(18-26)24-15-14-20(17-25-24)19-28-27(22-10-4-2-5-11-22)23-12-6-3-7-13-23/h2-7,9-15,17H,8,16,18-19H2,1H3. The molecule has 0 spiro atoms. The van der Waals surface area contributed by atoms with Crippen LogP contribution in [0.25, 0.3) is 5.57 Å². The van der Waals surface area contributed by atoms with Crippen LogP contribution in [0.15, 0.2) is 85.1 Å². The molecule has 0 atom stereocenters. The number of hydrogen-bond donors (Lipinski definition) is 0. The summed E-state index contributed by atoms with van der Waals surface area (Å²) in [6.45, 7) is 2.53. The summed E-state index contributed by atoms with van der Waals surface area (Å²) in [6.07, 6.45) is 5.30. The van der Waals surface area contributed by atoms with Gasteiger partial charge in [0.15, 0.2) is 0 Å². The van der Waals surface area contributed by atoms with E-state index in [9.17, 15) is 0 Å². The minimum absolute atomic E-state index is 0.454. The SMILES string of the molecule is CN1CCC=C(c2ccc(CON(c3ccccc3)c3ccccc3)cn2)C1. The molecule has 0 aliphatic carbocycles. The van der Waals surface area contributed by atoms with Crippen LogP contribution in [0.2, 0.25) is 0 Å². The van der Waals surface area contributed by atoms with Crippen molar-refractivity contribution in [3.63, 3.8) is 0 Å². The number of para-hydroxylation sites is 2. The normalized spacial score (nSPS) is 14.5. The van der Waals surface area contributed by atoms with E-state index in [1.165, 1.54) is 5.57 Å². The van der Waals surface area contributed by atoms with Gasteiger partial charge in [0.05, 0.1) is 17.1 Å². The molecule has 2 heterocycles. The minimum Gasteiger partial charge on any atom is -0.302 e. The highest BCUT2D eigenvalue weighted by molar-refractivity contribution is 5.64. The Kier molecular flexibility index (Phi) is 5.80. The second-order valence-electron chi connectivity index (χ2n) is 7.05. The molecule has 1 aromatic heterocycles. The van der Waals surface area contributed by atoms with E-state index < -0.39 is 0 Å². The molecule has 4 heteroatoms. The van der Waals surface area contributed by atoms with Crippen molar-refractivity contribution in [2.24, 2.45) is 0 Å². The molecule has 0 fully saturated rings. The fourth-order valence-corrected chi connectivity index (χ4v) is 3.34. The van der Waals surface area contributed by atoms with E-state index in [1.807, 2.05) is 71.9 Å². The second kappa shape index (κ2) is 8.83. The molecular formula is C24H25N3O. The summed E-state index contributed by atoms with van der Waals surface area (Å²) in [5.41, 5.74) is 5.39. The van der Waals surface area contributed by atoms with Crippen molar-refractivity contribution in [2.75, 3.05) is 25.2 Å². The Bertz CT molecular complexity index is 868. The van der Waals surface area contributed by atoms with E-state index in [0.717, 1.165) is 42.1 Å². The molecule has 4 nitrogen and oxygen atoms in total. The van der Waals surface area contributed by atoms with Crippen LogP contribution in [0.5, 0.6) is 0 Å². The highest BCUT2D eigenvalue weighted by Crippen LogP contribution is 2.26. The maximum atomic E-state index is 6.17. The number of pyridine rings is 1. The van der Waals surface area contributed by atoms with Crippen molar-refractivity contribution in [2.45, 2.75) is 13.0 Å². The third kappa shape index (κ3) is 4.47. The van der Waals surface area contributed by atoms with E-state index >= 15 is 0 Å². The number of hydrogen-bond acceptors (Lipinski definition) is 4. The zero-order chi connectivity index (χ0) is 19.2. The number of likely N-dealkylation sites (N-methyl/N-ethyl adjacent to an activating group) is 1. The Morgan fingerprint density at radius 1 is 0.929 bits per heavy atom. The van der Waals surface area contributed by atoms with Gasteiger partial charge in [-0.25, -0.2) is 5.06 Å². The van der Waals surface area contributed by atoms with Crippen LogP contribution >= 0.6 is 0 Å². The average Bonchev–Trinajstić information content (AvgIpc) is 2.76. The van der Waals surface area contributed by atoms with Crippen molar-refractivity contribution in [1.82, 2.24) is 9.88 Å². The molecule has 3 aromatic rings. The number of nitrogens with zero attached hydrogens (tertiary/aromatic N) is 3. The molecule has 0 bridgehead atoms. The first-order valence-electron chi connectivity index (χ1n) is 9.65.